The number of fused-ring (bicyclic) bond motifs is 1. The molecule has 0 aromatic heterocycles. The summed E-state index contributed by atoms with van der Waals surface area (Å²) >= 11 is 3.33. The number of amides is 2. The van der Waals surface area contributed by atoms with Gasteiger partial charge in [0.05, 0.1) is 11.5 Å². The van der Waals surface area contributed by atoms with Gasteiger partial charge in [-0.1, -0.05) is 36.4 Å². The van der Waals surface area contributed by atoms with Gasteiger partial charge in [0.2, 0.25) is 5.91 Å². The second kappa shape index (κ2) is 6.96. The summed E-state index contributed by atoms with van der Waals surface area (Å²) in [6.07, 6.45) is 2.78. The van der Waals surface area contributed by atoms with Crippen molar-refractivity contribution in [1.29, 1.82) is 0 Å². The monoisotopic (exact) mass is 372 g/mol. The van der Waals surface area contributed by atoms with Crippen LogP contribution in [0.3, 0.4) is 0 Å². The van der Waals surface area contributed by atoms with Gasteiger partial charge >= 0.3 is 0 Å². The average Bonchev–Trinajstić information content (AvgIpc) is 2.59. The molecule has 2 aromatic carbocycles. The third kappa shape index (κ3) is 3.45. The maximum atomic E-state index is 12.4. The van der Waals surface area contributed by atoms with Crippen LogP contribution < -0.4 is 10.9 Å². The number of nitrogens with one attached hydrogen (secondary N) is 2. The van der Waals surface area contributed by atoms with Crippen molar-refractivity contribution in [1.82, 2.24) is 10.9 Å². The van der Waals surface area contributed by atoms with Crippen molar-refractivity contribution in [2.45, 2.75) is 25.2 Å². The molecule has 2 aromatic rings. The van der Waals surface area contributed by atoms with Crippen molar-refractivity contribution in [3.8, 4) is 0 Å². The Morgan fingerprint density at radius 2 is 1.74 bits per heavy atom. The van der Waals surface area contributed by atoms with Crippen LogP contribution in [0.15, 0.2) is 53.0 Å². The molecule has 0 saturated heterocycles. The molecule has 0 aliphatic heterocycles. The van der Waals surface area contributed by atoms with Crippen LogP contribution in [-0.4, -0.2) is 11.8 Å². The highest BCUT2D eigenvalue weighted by atomic mass is 79.9. The van der Waals surface area contributed by atoms with E-state index >= 15 is 0 Å². The average molecular weight is 373 g/mol. The van der Waals surface area contributed by atoms with E-state index in [1.54, 1.807) is 18.2 Å². The molecule has 1 atom stereocenters. The Labute approximate surface area is 143 Å². The summed E-state index contributed by atoms with van der Waals surface area (Å²) in [6.45, 7) is 0. The third-order valence-corrected chi connectivity index (χ3v) is 4.80. The van der Waals surface area contributed by atoms with Crippen molar-refractivity contribution in [3.05, 3.63) is 69.7 Å². The first kappa shape index (κ1) is 15.7. The van der Waals surface area contributed by atoms with E-state index < -0.39 is 0 Å². The molecule has 1 aliphatic rings. The van der Waals surface area contributed by atoms with Gasteiger partial charge in [-0.2, -0.15) is 0 Å². The lowest BCUT2D eigenvalue weighted by Crippen LogP contribution is -2.44. The smallest absolute Gasteiger partial charge is 0.270 e. The molecule has 23 heavy (non-hydrogen) atoms. The molecule has 0 unspecified atom stereocenters. The van der Waals surface area contributed by atoms with E-state index in [-0.39, 0.29) is 17.7 Å². The summed E-state index contributed by atoms with van der Waals surface area (Å²) < 4.78 is 0.690. The standard InChI is InChI=1S/C18H17BrN2O2/c19-16-11-4-3-9-15(16)18(23)21-20-17(22)14-10-5-7-12-6-1-2-8-13(12)14/h1-4,6,8-9,11,14H,5,7,10H2,(H,20,22)(H,21,23)/t14-/m0/s1. The number of hydrogen-bond donors (Lipinski definition) is 2. The molecule has 0 spiro atoms. The zero-order chi connectivity index (χ0) is 16.2. The lowest BCUT2D eigenvalue weighted by Gasteiger charge is -2.24. The van der Waals surface area contributed by atoms with E-state index in [0.717, 1.165) is 24.8 Å². The summed E-state index contributed by atoms with van der Waals surface area (Å²) in [5, 5.41) is 0. The molecule has 0 radical (unpaired) electrons. The van der Waals surface area contributed by atoms with E-state index in [1.807, 2.05) is 24.3 Å². The number of rotatable bonds is 2. The zero-order valence-electron chi connectivity index (χ0n) is 12.5. The number of carbonyl (C=O) groups is 2. The molecule has 0 saturated carbocycles. The third-order valence-electron chi connectivity index (χ3n) is 4.10. The Kier molecular flexibility index (Phi) is 4.76. The molecule has 2 N–H and O–H groups in total. The number of carbonyl (C=O) groups excluding carboxylic acids is 2. The van der Waals surface area contributed by atoms with Crippen molar-refractivity contribution < 1.29 is 9.59 Å². The Balaban J connectivity index is 1.67. The predicted octanol–water partition coefficient (Wildman–Crippen LogP) is 3.33. The van der Waals surface area contributed by atoms with E-state index in [4.69, 9.17) is 0 Å². The number of hydrazine groups is 1. The maximum absolute atomic E-state index is 12.4. The lowest BCUT2D eigenvalue weighted by molar-refractivity contribution is -0.123. The molecule has 0 fully saturated rings. The van der Waals surface area contributed by atoms with Crippen LogP contribution in [0.5, 0.6) is 0 Å². The molecule has 1 aliphatic carbocycles. The van der Waals surface area contributed by atoms with Crippen molar-refractivity contribution in [2.75, 3.05) is 0 Å². The van der Waals surface area contributed by atoms with Gasteiger partial charge in [-0.25, -0.2) is 0 Å². The van der Waals surface area contributed by atoms with E-state index in [0.29, 0.717) is 10.0 Å². The Hall–Kier alpha value is -2.14. The zero-order valence-corrected chi connectivity index (χ0v) is 14.1. The van der Waals surface area contributed by atoms with Crippen LogP contribution in [0.1, 0.15) is 40.2 Å². The summed E-state index contributed by atoms with van der Waals surface area (Å²) in [6, 6.07) is 15.1. The quantitative estimate of drug-likeness (QED) is 0.794. The molecule has 0 bridgehead atoms. The largest absolute Gasteiger partial charge is 0.273 e. The van der Waals surface area contributed by atoms with Crippen LogP contribution >= 0.6 is 15.9 Å². The second-order valence-electron chi connectivity index (χ2n) is 5.57. The number of benzene rings is 2. The molecule has 5 heteroatoms. The van der Waals surface area contributed by atoms with Gasteiger partial charge in [0, 0.05) is 4.47 Å². The first-order valence-electron chi connectivity index (χ1n) is 7.59. The Bertz CT molecular complexity index is 745. The molecule has 4 nitrogen and oxygen atoms in total. The fourth-order valence-electron chi connectivity index (χ4n) is 2.94. The normalized spacial score (nSPS) is 16.3. The van der Waals surface area contributed by atoms with Crippen molar-refractivity contribution in [2.24, 2.45) is 0 Å². The van der Waals surface area contributed by atoms with E-state index in [2.05, 4.69) is 32.8 Å². The topological polar surface area (TPSA) is 58.2 Å². The Morgan fingerprint density at radius 3 is 2.57 bits per heavy atom. The molecular formula is C18H17BrN2O2. The maximum Gasteiger partial charge on any atom is 0.270 e. The van der Waals surface area contributed by atoms with Gasteiger partial charge in [-0.15, -0.1) is 0 Å². The summed E-state index contributed by atoms with van der Waals surface area (Å²) in [4.78, 5) is 24.6. The highest BCUT2D eigenvalue weighted by molar-refractivity contribution is 9.10. The summed E-state index contributed by atoms with van der Waals surface area (Å²) in [7, 11) is 0. The summed E-state index contributed by atoms with van der Waals surface area (Å²) in [5.41, 5.74) is 7.82. The van der Waals surface area contributed by atoms with Crippen molar-refractivity contribution in [3.63, 3.8) is 0 Å². The van der Waals surface area contributed by atoms with E-state index in [9.17, 15) is 9.59 Å². The van der Waals surface area contributed by atoms with Gasteiger partial charge in [-0.3, -0.25) is 20.4 Å². The van der Waals surface area contributed by atoms with Crippen LogP contribution in [0.25, 0.3) is 0 Å². The SMILES string of the molecule is O=C(NNC(=O)[C@H]1CCCc2ccccc21)c1ccccc1Br. The molecule has 3 rings (SSSR count). The first-order chi connectivity index (χ1) is 11.2. The lowest BCUT2D eigenvalue weighted by atomic mass is 9.82. The molecule has 118 valence electrons. The van der Waals surface area contributed by atoms with E-state index in [1.165, 1.54) is 5.56 Å². The molecule has 2 amide bonds. The minimum absolute atomic E-state index is 0.169. The minimum atomic E-state index is -0.338. The highest BCUT2D eigenvalue weighted by Crippen LogP contribution is 2.31. The Morgan fingerprint density at radius 1 is 1.00 bits per heavy atom. The highest BCUT2D eigenvalue weighted by Gasteiger charge is 2.26. The number of hydrogen-bond acceptors (Lipinski definition) is 2. The van der Waals surface area contributed by atoms with Crippen LogP contribution in [0, 0.1) is 0 Å². The van der Waals surface area contributed by atoms with Gasteiger partial charge in [0.1, 0.15) is 0 Å². The van der Waals surface area contributed by atoms with Gasteiger partial charge < -0.3 is 0 Å². The molecular weight excluding hydrogens is 356 g/mol. The second-order valence-corrected chi connectivity index (χ2v) is 6.42. The number of aryl methyl sites for hydroxylation is 1. The first-order valence-corrected chi connectivity index (χ1v) is 8.38. The number of halogens is 1. The van der Waals surface area contributed by atoms with Crippen molar-refractivity contribution >= 4 is 27.7 Å². The van der Waals surface area contributed by atoms with Gasteiger partial charge in [0.25, 0.3) is 5.91 Å². The molecule has 0 heterocycles. The fraction of sp³-hybridized carbons (Fsp3) is 0.222. The fourth-order valence-corrected chi connectivity index (χ4v) is 3.41. The minimum Gasteiger partial charge on any atom is -0.273 e. The van der Waals surface area contributed by atoms with Crippen LogP contribution in [0.2, 0.25) is 0 Å². The van der Waals surface area contributed by atoms with Crippen LogP contribution in [0.4, 0.5) is 0 Å². The van der Waals surface area contributed by atoms with Gasteiger partial charge in [-0.05, 0) is 58.5 Å². The van der Waals surface area contributed by atoms with Crippen LogP contribution in [-0.2, 0) is 11.2 Å². The predicted molar refractivity (Wildman–Crippen MR) is 91.9 cm³/mol. The summed E-state index contributed by atoms with van der Waals surface area (Å²) in [5.74, 6) is -0.716. The van der Waals surface area contributed by atoms with Gasteiger partial charge in [0.15, 0.2) is 0 Å².